The smallest absolute Gasteiger partial charge is 0.339 e. The van der Waals surface area contributed by atoms with Gasteiger partial charge in [-0.2, -0.15) is 5.10 Å². The summed E-state index contributed by atoms with van der Waals surface area (Å²) in [6, 6.07) is 14.0. The summed E-state index contributed by atoms with van der Waals surface area (Å²) >= 11 is 5.83. The highest BCUT2D eigenvalue weighted by atomic mass is 35.5. The molecule has 0 aliphatic carbocycles. The van der Waals surface area contributed by atoms with E-state index in [1.165, 1.54) is 22.9 Å². The lowest BCUT2D eigenvalue weighted by Crippen LogP contribution is -2.04. The molecule has 0 radical (unpaired) electrons. The molecule has 0 saturated heterocycles. The van der Waals surface area contributed by atoms with E-state index in [0.29, 0.717) is 29.9 Å². The number of aromatic carboxylic acids is 1. The van der Waals surface area contributed by atoms with E-state index in [0.717, 1.165) is 5.56 Å². The van der Waals surface area contributed by atoms with Gasteiger partial charge < -0.3 is 5.11 Å². The van der Waals surface area contributed by atoms with E-state index in [2.05, 4.69) is 5.10 Å². The SMILES string of the molecule is Cc1c(C(=O)O)c(CCc2ccccc2)nn1-c1ccc(F)c(Cl)c1. The van der Waals surface area contributed by atoms with Crippen LogP contribution in [0.5, 0.6) is 0 Å². The molecule has 1 N–H and O–H groups in total. The Morgan fingerprint density at radius 1 is 1.20 bits per heavy atom. The molecule has 0 aliphatic heterocycles. The standard InChI is InChI=1S/C19H16ClFN2O2/c1-12-18(19(24)25)17(10-7-13-5-3-2-4-6-13)22-23(12)14-8-9-16(21)15(20)11-14/h2-6,8-9,11H,7,10H2,1H3,(H,24,25). The second kappa shape index (κ2) is 7.07. The Bertz CT molecular complexity index is 923. The molecule has 3 aromatic rings. The first kappa shape index (κ1) is 17.2. The van der Waals surface area contributed by atoms with Crippen molar-refractivity contribution < 1.29 is 14.3 Å². The third-order valence-corrected chi connectivity index (χ3v) is 4.33. The van der Waals surface area contributed by atoms with Crippen LogP contribution in [0.4, 0.5) is 4.39 Å². The first-order valence-electron chi connectivity index (χ1n) is 7.78. The van der Waals surface area contributed by atoms with Crippen LogP contribution in [0.1, 0.15) is 27.3 Å². The van der Waals surface area contributed by atoms with Crippen molar-refractivity contribution in [3.05, 3.63) is 81.9 Å². The second-order valence-electron chi connectivity index (χ2n) is 5.71. The van der Waals surface area contributed by atoms with E-state index in [4.69, 9.17) is 11.6 Å². The van der Waals surface area contributed by atoms with Crippen molar-refractivity contribution >= 4 is 17.6 Å². The minimum absolute atomic E-state index is 0.0323. The highest BCUT2D eigenvalue weighted by molar-refractivity contribution is 6.30. The van der Waals surface area contributed by atoms with E-state index < -0.39 is 11.8 Å². The number of carbonyl (C=O) groups is 1. The van der Waals surface area contributed by atoms with Gasteiger partial charge in [0.05, 0.1) is 22.1 Å². The molecule has 0 fully saturated rings. The highest BCUT2D eigenvalue weighted by Crippen LogP contribution is 2.23. The lowest BCUT2D eigenvalue weighted by molar-refractivity contribution is 0.0695. The fraction of sp³-hybridized carbons (Fsp3) is 0.158. The average molecular weight is 359 g/mol. The molecule has 4 nitrogen and oxygen atoms in total. The first-order valence-corrected chi connectivity index (χ1v) is 8.16. The topological polar surface area (TPSA) is 55.1 Å². The van der Waals surface area contributed by atoms with Crippen LogP contribution in [0.2, 0.25) is 5.02 Å². The Morgan fingerprint density at radius 3 is 2.56 bits per heavy atom. The molecule has 0 spiro atoms. The van der Waals surface area contributed by atoms with Crippen molar-refractivity contribution in [2.45, 2.75) is 19.8 Å². The average Bonchev–Trinajstić information content (AvgIpc) is 2.93. The zero-order valence-electron chi connectivity index (χ0n) is 13.5. The maximum Gasteiger partial charge on any atom is 0.339 e. The predicted molar refractivity (Wildman–Crippen MR) is 94.1 cm³/mol. The Labute approximate surface area is 149 Å². The maximum atomic E-state index is 13.4. The van der Waals surface area contributed by atoms with E-state index in [1.54, 1.807) is 6.92 Å². The van der Waals surface area contributed by atoms with Crippen molar-refractivity contribution in [1.29, 1.82) is 0 Å². The molecule has 25 heavy (non-hydrogen) atoms. The minimum Gasteiger partial charge on any atom is -0.478 e. The van der Waals surface area contributed by atoms with E-state index in [1.807, 2.05) is 30.3 Å². The van der Waals surface area contributed by atoms with Crippen LogP contribution in [-0.2, 0) is 12.8 Å². The van der Waals surface area contributed by atoms with E-state index in [9.17, 15) is 14.3 Å². The Balaban J connectivity index is 1.98. The molecular weight excluding hydrogens is 343 g/mol. The lowest BCUT2D eigenvalue weighted by atomic mass is 10.1. The number of carboxylic acid groups (broad SMARTS) is 1. The van der Waals surface area contributed by atoms with Gasteiger partial charge >= 0.3 is 5.97 Å². The number of halogens is 2. The van der Waals surface area contributed by atoms with Gasteiger partial charge in [-0.25, -0.2) is 13.9 Å². The minimum atomic E-state index is -1.03. The van der Waals surface area contributed by atoms with Crippen molar-refractivity contribution in [3.63, 3.8) is 0 Å². The zero-order chi connectivity index (χ0) is 18.0. The molecule has 0 saturated carbocycles. The molecule has 2 aromatic carbocycles. The Kier molecular flexibility index (Phi) is 4.86. The molecule has 3 rings (SSSR count). The van der Waals surface area contributed by atoms with Gasteiger partial charge in [-0.1, -0.05) is 41.9 Å². The van der Waals surface area contributed by atoms with Crippen LogP contribution in [0.3, 0.4) is 0 Å². The molecule has 0 bridgehead atoms. The third kappa shape index (κ3) is 3.56. The van der Waals surface area contributed by atoms with Crippen molar-refractivity contribution in [2.24, 2.45) is 0 Å². The van der Waals surface area contributed by atoms with Crippen LogP contribution < -0.4 is 0 Å². The van der Waals surface area contributed by atoms with Gasteiger partial charge in [0.2, 0.25) is 0 Å². The molecule has 0 aliphatic rings. The van der Waals surface area contributed by atoms with Gasteiger partial charge in [0.15, 0.2) is 0 Å². The second-order valence-corrected chi connectivity index (χ2v) is 6.12. The fourth-order valence-electron chi connectivity index (χ4n) is 2.79. The molecule has 0 amide bonds. The summed E-state index contributed by atoms with van der Waals surface area (Å²) in [5.74, 6) is -1.56. The summed E-state index contributed by atoms with van der Waals surface area (Å²) < 4.78 is 14.9. The molecular formula is C19H16ClFN2O2. The first-order chi connectivity index (χ1) is 12.0. The zero-order valence-corrected chi connectivity index (χ0v) is 14.3. The number of hydrogen-bond donors (Lipinski definition) is 1. The number of nitrogens with zero attached hydrogens (tertiary/aromatic N) is 2. The summed E-state index contributed by atoms with van der Waals surface area (Å²) in [4.78, 5) is 11.7. The van der Waals surface area contributed by atoms with E-state index >= 15 is 0 Å². The normalized spacial score (nSPS) is 10.8. The summed E-state index contributed by atoms with van der Waals surface area (Å²) in [6.07, 6.45) is 1.18. The number of rotatable bonds is 5. The fourth-order valence-corrected chi connectivity index (χ4v) is 2.96. The van der Waals surface area contributed by atoms with Gasteiger partial charge in [-0.3, -0.25) is 0 Å². The molecule has 128 valence electrons. The van der Waals surface area contributed by atoms with Crippen LogP contribution >= 0.6 is 11.6 Å². The Hall–Kier alpha value is -2.66. The monoisotopic (exact) mass is 358 g/mol. The third-order valence-electron chi connectivity index (χ3n) is 4.04. The summed E-state index contributed by atoms with van der Waals surface area (Å²) in [5.41, 5.74) is 2.79. The van der Waals surface area contributed by atoms with E-state index in [-0.39, 0.29) is 10.6 Å². The van der Waals surface area contributed by atoms with Crippen molar-refractivity contribution in [1.82, 2.24) is 9.78 Å². The number of aromatic nitrogens is 2. The lowest BCUT2D eigenvalue weighted by Gasteiger charge is -2.05. The maximum absolute atomic E-state index is 13.4. The molecule has 0 atom stereocenters. The van der Waals surface area contributed by atoms with Gasteiger partial charge in [0, 0.05) is 0 Å². The highest BCUT2D eigenvalue weighted by Gasteiger charge is 2.21. The quantitative estimate of drug-likeness (QED) is 0.732. The summed E-state index contributed by atoms with van der Waals surface area (Å²) in [5, 5.41) is 14.0. The molecule has 6 heteroatoms. The molecule has 1 aromatic heterocycles. The van der Waals surface area contributed by atoms with Crippen molar-refractivity contribution in [2.75, 3.05) is 0 Å². The number of carboxylic acids is 1. The Morgan fingerprint density at radius 2 is 1.92 bits per heavy atom. The predicted octanol–water partition coefficient (Wildman–Crippen LogP) is 4.46. The van der Waals surface area contributed by atoms with Crippen LogP contribution in [0, 0.1) is 12.7 Å². The van der Waals surface area contributed by atoms with Gasteiger partial charge in [0.25, 0.3) is 0 Å². The molecule has 1 heterocycles. The number of benzene rings is 2. The van der Waals surface area contributed by atoms with Gasteiger partial charge in [0.1, 0.15) is 11.4 Å². The van der Waals surface area contributed by atoms with Crippen molar-refractivity contribution in [3.8, 4) is 5.69 Å². The van der Waals surface area contributed by atoms with Gasteiger partial charge in [-0.15, -0.1) is 0 Å². The number of hydrogen-bond acceptors (Lipinski definition) is 2. The van der Waals surface area contributed by atoms with Crippen LogP contribution in [0.25, 0.3) is 5.69 Å². The van der Waals surface area contributed by atoms with Crippen LogP contribution in [0.15, 0.2) is 48.5 Å². The molecule has 0 unspecified atom stereocenters. The largest absolute Gasteiger partial charge is 0.478 e. The summed E-state index contributed by atoms with van der Waals surface area (Å²) in [7, 11) is 0. The van der Waals surface area contributed by atoms with Crippen LogP contribution in [-0.4, -0.2) is 20.9 Å². The summed E-state index contributed by atoms with van der Waals surface area (Å²) in [6.45, 7) is 1.68. The number of aryl methyl sites for hydroxylation is 2. The van der Waals surface area contributed by atoms with Gasteiger partial charge in [-0.05, 0) is 43.5 Å².